The van der Waals surface area contributed by atoms with Crippen molar-refractivity contribution in [1.82, 2.24) is 9.78 Å². The monoisotopic (exact) mass is 346 g/mol. The number of nitrogens with zero attached hydrogens (tertiary/aromatic N) is 2. The number of methoxy groups -OCH3 is 1. The third kappa shape index (κ3) is 2.95. The molecule has 0 atom stereocenters. The van der Waals surface area contributed by atoms with E-state index in [2.05, 4.69) is 20.8 Å². The van der Waals surface area contributed by atoms with Gasteiger partial charge in [0.05, 0.1) is 24.1 Å². The van der Waals surface area contributed by atoms with Gasteiger partial charge in [-0.2, -0.15) is 5.10 Å². The normalized spacial score (nSPS) is 16.1. The first-order valence-electron chi connectivity index (χ1n) is 8.34. The molecule has 1 heterocycles. The summed E-state index contributed by atoms with van der Waals surface area (Å²) in [6, 6.07) is 5.47. The Hall–Kier alpha value is -1.81. The zero-order valence-corrected chi connectivity index (χ0v) is 15.4. The SMILES string of the molecule is CCCc1c2c(nn1-c1cc(Cl)ccc1OC)CC(C)(C)CC2=O. The second-order valence-corrected chi connectivity index (χ2v) is 7.62. The molecule has 4 nitrogen and oxygen atoms in total. The first-order chi connectivity index (χ1) is 11.4. The number of rotatable bonds is 4. The molecule has 1 aromatic heterocycles. The lowest BCUT2D eigenvalue weighted by Crippen LogP contribution is -2.27. The molecule has 1 aliphatic carbocycles. The lowest BCUT2D eigenvalue weighted by Gasteiger charge is -2.27. The Kier molecular flexibility index (Phi) is 4.43. The van der Waals surface area contributed by atoms with Gasteiger partial charge in [-0.15, -0.1) is 0 Å². The Balaban J connectivity index is 2.23. The van der Waals surface area contributed by atoms with Crippen LogP contribution in [-0.4, -0.2) is 22.7 Å². The maximum atomic E-state index is 12.8. The fraction of sp³-hybridized carbons (Fsp3) is 0.474. The molecule has 0 amide bonds. The fourth-order valence-electron chi connectivity index (χ4n) is 3.48. The Labute approximate surface area is 147 Å². The molecule has 0 fully saturated rings. The minimum absolute atomic E-state index is 0.0504. The maximum Gasteiger partial charge on any atom is 0.167 e. The summed E-state index contributed by atoms with van der Waals surface area (Å²) in [5.74, 6) is 0.889. The van der Waals surface area contributed by atoms with E-state index >= 15 is 0 Å². The number of hydrogen-bond donors (Lipinski definition) is 0. The molecule has 3 rings (SSSR count). The summed E-state index contributed by atoms with van der Waals surface area (Å²) in [6.07, 6.45) is 3.11. The van der Waals surface area contributed by atoms with Gasteiger partial charge >= 0.3 is 0 Å². The summed E-state index contributed by atoms with van der Waals surface area (Å²) in [4.78, 5) is 12.8. The van der Waals surface area contributed by atoms with E-state index in [0.717, 1.165) is 41.9 Å². The Bertz CT molecular complexity index is 793. The Morgan fingerprint density at radius 1 is 1.33 bits per heavy atom. The third-order valence-corrected chi connectivity index (χ3v) is 4.71. The van der Waals surface area contributed by atoms with E-state index in [0.29, 0.717) is 17.2 Å². The van der Waals surface area contributed by atoms with Crippen LogP contribution in [0.3, 0.4) is 0 Å². The smallest absolute Gasteiger partial charge is 0.167 e. The van der Waals surface area contributed by atoms with E-state index < -0.39 is 0 Å². The molecule has 5 heteroatoms. The van der Waals surface area contributed by atoms with E-state index in [1.807, 2.05) is 16.8 Å². The van der Waals surface area contributed by atoms with Gasteiger partial charge in [0.15, 0.2) is 5.78 Å². The Morgan fingerprint density at radius 2 is 2.08 bits per heavy atom. The molecular formula is C19H23ClN2O2. The number of carbonyl (C=O) groups is 1. The molecule has 24 heavy (non-hydrogen) atoms. The lowest BCUT2D eigenvalue weighted by atomic mass is 9.75. The van der Waals surface area contributed by atoms with Gasteiger partial charge in [0.1, 0.15) is 11.4 Å². The highest BCUT2D eigenvalue weighted by Crippen LogP contribution is 2.38. The van der Waals surface area contributed by atoms with E-state index in [-0.39, 0.29) is 11.2 Å². The highest BCUT2D eigenvalue weighted by molar-refractivity contribution is 6.30. The van der Waals surface area contributed by atoms with Crippen molar-refractivity contribution in [3.63, 3.8) is 0 Å². The molecule has 1 aliphatic rings. The first-order valence-corrected chi connectivity index (χ1v) is 8.72. The van der Waals surface area contributed by atoms with Crippen LogP contribution >= 0.6 is 11.6 Å². The topological polar surface area (TPSA) is 44.1 Å². The van der Waals surface area contributed by atoms with Crippen LogP contribution in [0, 0.1) is 5.41 Å². The van der Waals surface area contributed by atoms with Gasteiger partial charge < -0.3 is 4.74 Å². The number of aromatic nitrogens is 2. The second-order valence-electron chi connectivity index (χ2n) is 7.19. The van der Waals surface area contributed by atoms with Crippen molar-refractivity contribution in [3.8, 4) is 11.4 Å². The number of fused-ring (bicyclic) bond motifs is 1. The minimum Gasteiger partial charge on any atom is -0.494 e. The molecule has 0 spiro atoms. The number of ether oxygens (including phenoxy) is 1. The van der Waals surface area contributed by atoms with Gasteiger partial charge in [0, 0.05) is 11.4 Å². The second kappa shape index (κ2) is 6.25. The quantitative estimate of drug-likeness (QED) is 0.809. The molecule has 0 bridgehead atoms. The number of carbonyl (C=O) groups excluding carboxylic acids is 1. The van der Waals surface area contributed by atoms with Crippen molar-refractivity contribution >= 4 is 17.4 Å². The summed E-state index contributed by atoms with van der Waals surface area (Å²) >= 11 is 6.19. The Morgan fingerprint density at radius 3 is 2.75 bits per heavy atom. The molecule has 0 radical (unpaired) electrons. The van der Waals surface area contributed by atoms with Crippen LogP contribution < -0.4 is 4.74 Å². The minimum atomic E-state index is -0.0504. The summed E-state index contributed by atoms with van der Waals surface area (Å²) in [5, 5.41) is 5.41. The van der Waals surface area contributed by atoms with Crippen LogP contribution in [-0.2, 0) is 12.8 Å². The van der Waals surface area contributed by atoms with E-state index in [1.54, 1.807) is 13.2 Å². The highest BCUT2D eigenvalue weighted by atomic mass is 35.5. The van der Waals surface area contributed by atoms with Crippen molar-refractivity contribution in [1.29, 1.82) is 0 Å². The molecule has 0 aliphatic heterocycles. The van der Waals surface area contributed by atoms with Gasteiger partial charge in [-0.05, 0) is 36.5 Å². The van der Waals surface area contributed by atoms with Crippen LogP contribution in [0.1, 0.15) is 55.4 Å². The molecule has 0 unspecified atom stereocenters. The number of Topliss-reactive ketones (excluding diaryl/α,β-unsaturated/α-hetero) is 1. The van der Waals surface area contributed by atoms with Crippen LogP contribution in [0.4, 0.5) is 0 Å². The van der Waals surface area contributed by atoms with Crippen LogP contribution in [0.15, 0.2) is 18.2 Å². The van der Waals surface area contributed by atoms with Gasteiger partial charge in [0.2, 0.25) is 0 Å². The van der Waals surface area contributed by atoms with Gasteiger partial charge in [-0.3, -0.25) is 4.79 Å². The summed E-state index contributed by atoms with van der Waals surface area (Å²) < 4.78 is 7.34. The summed E-state index contributed by atoms with van der Waals surface area (Å²) in [6.45, 7) is 6.34. The maximum absolute atomic E-state index is 12.8. The number of benzene rings is 1. The van der Waals surface area contributed by atoms with Gasteiger partial charge in [-0.1, -0.05) is 38.8 Å². The zero-order valence-electron chi connectivity index (χ0n) is 14.6. The number of halogens is 1. The first kappa shape index (κ1) is 17.0. The zero-order chi connectivity index (χ0) is 17.5. The van der Waals surface area contributed by atoms with E-state index in [9.17, 15) is 4.79 Å². The van der Waals surface area contributed by atoms with Crippen LogP contribution in [0.5, 0.6) is 5.75 Å². The molecule has 2 aromatic rings. The van der Waals surface area contributed by atoms with Gasteiger partial charge in [-0.25, -0.2) is 4.68 Å². The summed E-state index contributed by atoms with van der Waals surface area (Å²) in [5.41, 5.74) is 3.40. The van der Waals surface area contributed by atoms with Crippen molar-refractivity contribution in [2.24, 2.45) is 5.41 Å². The van der Waals surface area contributed by atoms with Crippen molar-refractivity contribution in [3.05, 3.63) is 40.2 Å². The van der Waals surface area contributed by atoms with Crippen molar-refractivity contribution < 1.29 is 9.53 Å². The molecule has 0 saturated carbocycles. The average molecular weight is 347 g/mol. The number of ketones is 1. The molecule has 128 valence electrons. The molecular weight excluding hydrogens is 324 g/mol. The van der Waals surface area contributed by atoms with Crippen LogP contribution in [0.25, 0.3) is 5.69 Å². The predicted octanol–water partition coefficient (Wildman–Crippen LogP) is 4.64. The standard InChI is InChI=1S/C19H23ClN2O2/c1-5-6-14-18-13(10-19(2,3)11-16(18)23)21-22(14)15-9-12(20)7-8-17(15)24-4/h7-9H,5-6,10-11H2,1-4H3. The van der Waals surface area contributed by atoms with Crippen LogP contribution in [0.2, 0.25) is 5.02 Å². The molecule has 1 aromatic carbocycles. The van der Waals surface area contributed by atoms with Crippen molar-refractivity contribution in [2.75, 3.05) is 7.11 Å². The van der Waals surface area contributed by atoms with E-state index in [4.69, 9.17) is 21.4 Å². The average Bonchev–Trinajstić information content (AvgIpc) is 2.84. The predicted molar refractivity (Wildman–Crippen MR) is 95.6 cm³/mol. The molecule has 0 saturated heterocycles. The third-order valence-electron chi connectivity index (χ3n) is 4.47. The highest BCUT2D eigenvalue weighted by Gasteiger charge is 2.36. The van der Waals surface area contributed by atoms with E-state index in [1.165, 1.54) is 0 Å². The lowest BCUT2D eigenvalue weighted by molar-refractivity contribution is 0.0911. The van der Waals surface area contributed by atoms with Gasteiger partial charge in [0.25, 0.3) is 0 Å². The fourth-order valence-corrected chi connectivity index (χ4v) is 3.65. The summed E-state index contributed by atoms with van der Waals surface area (Å²) in [7, 11) is 1.63. The van der Waals surface area contributed by atoms with Crippen molar-refractivity contribution in [2.45, 2.75) is 46.5 Å². The largest absolute Gasteiger partial charge is 0.494 e. The number of hydrogen-bond acceptors (Lipinski definition) is 3. The molecule has 0 N–H and O–H groups in total.